The molecule has 0 aliphatic heterocycles. The Bertz CT molecular complexity index is 1250. The quantitative estimate of drug-likeness (QED) is 0.491. The van der Waals surface area contributed by atoms with Gasteiger partial charge in [0.15, 0.2) is 22.3 Å². The van der Waals surface area contributed by atoms with Crippen LogP contribution in [-0.2, 0) is 6.54 Å². The Labute approximate surface area is 172 Å². The van der Waals surface area contributed by atoms with Crippen LogP contribution in [0.1, 0.15) is 17.0 Å². The lowest BCUT2D eigenvalue weighted by molar-refractivity contribution is 1.03. The van der Waals surface area contributed by atoms with E-state index in [-0.39, 0.29) is 0 Å². The minimum Gasteiger partial charge on any atom is -0.363 e. The van der Waals surface area contributed by atoms with E-state index in [0.29, 0.717) is 17.3 Å². The van der Waals surface area contributed by atoms with Crippen molar-refractivity contribution in [3.05, 3.63) is 83.8 Å². The molecular formula is C20H19ClN8. The second-order valence-corrected chi connectivity index (χ2v) is 6.79. The third-order valence-electron chi connectivity index (χ3n) is 4.13. The lowest BCUT2D eigenvalue weighted by Gasteiger charge is -2.07. The van der Waals surface area contributed by atoms with Crippen LogP contribution in [0.25, 0.3) is 11.3 Å². The topological polar surface area (TPSA) is 85.3 Å². The van der Waals surface area contributed by atoms with Crippen LogP contribution in [0, 0.1) is 13.8 Å². The molecule has 5 aromatic heterocycles. The number of hydrogen-bond acceptors (Lipinski definition) is 6. The third-order valence-corrected chi connectivity index (χ3v) is 4.38. The van der Waals surface area contributed by atoms with Crippen molar-refractivity contribution in [2.75, 3.05) is 5.32 Å². The lowest BCUT2D eigenvalue weighted by Crippen LogP contribution is -2.05. The van der Waals surface area contributed by atoms with Gasteiger partial charge < -0.3 is 14.1 Å². The third kappa shape index (κ3) is 4.33. The van der Waals surface area contributed by atoms with Gasteiger partial charge in [0.05, 0.1) is 11.4 Å². The number of aromatic nitrogens is 7. The average Bonchev–Trinajstić information content (AvgIpc) is 3.36. The van der Waals surface area contributed by atoms with E-state index in [4.69, 9.17) is 11.6 Å². The van der Waals surface area contributed by atoms with Gasteiger partial charge in [-0.05, 0) is 25.5 Å². The number of aryl methyl sites for hydroxylation is 2. The van der Waals surface area contributed by atoms with Crippen molar-refractivity contribution in [1.29, 1.82) is 0 Å². The first-order valence-corrected chi connectivity index (χ1v) is 9.37. The summed E-state index contributed by atoms with van der Waals surface area (Å²) in [7, 11) is 0. The van der Waals surface area contributed by atoms with Gasteiger partial charge in [-0.2, -0.15) is 0 Å². The molecule has 0 bridgehead atoms. The maximum atomic E-state index is 5.81. The summed E-state index contributed by atoms with van der Waals surface area (Å²) < 4.78 is 3.82. The fourth-order valence-corrected chi connectivity index (χ4v) is 3.16. The molecule has 5 heterocycles. The van der Waals surface area contributed by atoms with Crippen LogP contribution in [0.2, 0.25) is 5.15 Å². The van der Waals surface area contributed by atoms with Crippen LogP contribution < -0.4 is 5.32 Å². The Hall–Kier alpha value is -3.52. The summed E-state index contributed by atoms with van der Waals surface area (Å²) in [6.07, 6.45) is 14.7. The minimum atomic E-state index is 0.454. The van der Waals surface area contributed by atoms with Gasteiger partial charge in [-0.3, -0.25) is 4.98 Å². The normalized spacial score (nSPS) is 10.7. The molecule has 0 aliphatic carbocycles. The monoisotopic (exact) mass is 406 g/mol. The molecule has 0 atom stereocenters. The molecule has 0 saturated carbocycles. The van der Waals surface area contributed by atoms with Gasteiger partial charge in [-0.1, -0.05) is 17.7 Å². The number of nitrogens with zero attached hydrogens (tertiary/aromatic N) is 7. The molecule has 0 aliphatic rings. The largest absolute Gasteiger partial charge is 0.363 e. The van der Waals surface area contributed by atoms with E-state index in [1.807, 2.05) is 65.8 Å². The van der Waals surface area contributed by atoms with E-state index >= 15 is 0 Å². The summed E-state index contributed by atoms with van der Waals surface area (Å²) in [4.78, 5) is 20.9. The molecule has 0 fully saturated rings. The first-order chi connectivity index (χ1) is 14.1. The zero-order chi connectivity index (χ0) is 20.2. The Morgan fingerprint density at radius 1 is 0.931 bits per heavy atom. The van der Waals surface area contributed by atoms with Crippen molar-refractivity contribution in [2.45, 2.75) is 20.4 Å². The highest BCUT2D eigenvalue weighted by atomic mass is 35.5. The number of halogens is 1. The maximum absolute atomic E-state index is 5.81. The molecule has 5 rings (SSSR count). The number of hydrogen-bond donors (Lipinski definition) is 1. The highest BCUT2D eigenvalue weighted by molar-refractivity contribution is 6.32. The van der Waals surface area contributed by atoms with Gasteiger partial charge in [0, 0.05) is 56.1 Å². The van der Waals surface area contributed by atoms with Gasteiger partial charge in [0.2, 0.25) is 0 Å². The number of fused-ring (bicyclic) bond motifs is 2. The molecule has 29 heavy (non-hydrogen) atoms. The number of anilines is 1. The van der Waals surface area contributed by atoms with E-state index in [0.717, 1.165) is 28.4 Å². The first-order valence-electron chi connectivity index (χ1n) is 8.99. The predicted octanol–water partition coefficient (Wildman–Crippen LogP) is 3.74. The molecule has 0 unspecified atom stereocenters. The van der Waals surface area contributed by atoms with Crippen molar-refractivity contribution < 1.29 is 0 Å². The molecule has 1 N–H and O–H groups in total. The molecule has 0 amide bonds. The predicted molar refractivity (Wildman–Crippen MR) is 112 cm³/mol. The van der Waals surface area contributed by atoms with Gasteiger partial charge in [0.1, 0.15) is 0 Å². The highest BCUT2D eigenvalue weighted by Crippen LogP contribution is 2.14. The molecule has 0 spiro atoms. The summed E-state index contributed by atoms with van der Waals surface area (Å²) in [5, 5.41) is 3.75. The van der Waals surface area contributed by atoms with Crippen molar-refractivity contribution >= 4 is 28.7 Å². The Kier molecular flexibility index (Phi) is 5.35. The zero-order valence-corrected chi connectivity index (χ0v) is 16.7. The summed E-state index contributed by atoms with van der Waals surface area (Å²) in [5.41, 5.74) is 4.50. The Balaban J connectivity index is 0.000000159. The van der Waals surface area contributed by atoms with E-state index in [1.54, 1.807) is 18.6 Å². The SMILES string of the molecule is Cc1cn2ccnc2c(Cl)n1.Cc1cn2ccnc2c(NCc2cccnc2)n1. The van der Waals surface area contributed by atoms with Gasteiger partial charge in [-0.15, -0.1) is 0 Å². The van der Waals surface area contributed by atoms with Crippen LogP contribution in [0.15, 0.2) is 61.7 Å². The average molecular weight is 407 g/mol. The number of nitrogens with one attached hydrogen (secondary N) is 1. The Morgan fingerprint density at radius 2 is 1.62 bits per heavy atom. The van der Waals surface area contributed by atoms with Crippen LogP contribution in [-0.4, -0.2) is 33.7 Å². The second kappa shape index (κ2) is 8.24. The molecule has 0 radical (unpaired) electrons. The fraction of sp³-hybridized carbons (Fsp3) is 0.150. The summed E-state index contributed by atoms with van der Waals surface area (Å²) in [5.74, 6) is 0.795. The van der Waals surface area contributed by atoms with Crippen molar-refractivity contribution in [1.82, 2.24) is 33.7 Å². The second-order valence-electron chi connectivity index (χ2n) is 6.44. The number of imidazole rings is 2. The van der Waals surface area contributed by atoms with E-state index in [9.17, 15) is 0 Å². The maximum Gasteiger partial charge on any atom is 0.180 e. The standard InChI is InChI=1S/C13H13N5.C7H6ClN3/c1-10-9-18-6-5-15-13(18)12(17-10)16-8-11-3-2-4-14-7-11;1-5-4-11-3-2-9-7(11)6(8)10-5/h2-7,9H,8H2,1H3,(H,16,17);2-4H,1H3. The van der Waals surface area contributed by atoms with E-state index in [1.165, 1.54) is 0 Å². The lowest BCUT2D eigenvalue weighted by atomic mass is 10.3. The van der Waals surface area contributed by atoms with Crippen molar-refractivity contribution in [3.8, 4) is 0 Å². The summed E-state index contributed by atoms with van der Waals surface area (Å²) in [6.45, 7) is 4.55. The number of rotatable bonds is 3. The van der Waals surface area contributed by atoms with Gasteiger partial charge in [-0.25, -0.2) is 19.9 Å². The van der Waals surface area contributed by atoms with E-state index < -0.39 is 0 Å². The van der Waals surface area contributed by atoms with Crippen molar-refractivity contribution in [3.63, 3.8) is 0 Å². The van der Waals surface area contributed by atoms with Crippen LogP contribution in [0.4, 0.5) is 5.82 Å². The number of pyridine rings is 1. The molecule has 146 valence electrons. The fourth-order valence-electron chi connectivity index (χ4n) is 2.88. The smallest absolute Gasteiger partial charge is 0.180 e. The van der Waals surface area contributed by atoms with Crippen LogP contribution in [0.3, 0.4) is 0 Å². The molecule has 0 aromatic carbocycles. The molecule has 5 aromatic rings. The van der Waals surface area contributed by atoms with Crippen LogP contribution in [0.5, 0.6) is 0 Å². The molecule has 9 heteroatoms. The van der Waals surface area contributed by atoms with Crippen LogP contribution >= 0.6 is 11.6 Å². The highest BCUT2D eigenvalue weighted by Gasteiger charge is 2.05. The van der Waals surface area contributed by atoms with Gasteiger partial charge >= 0.3 is 0 Å². The Morgan fingerprint density at radius 3 is 2.34 bits per heavy atom. The van der Waals surface area contributed by atoms with E-state index in [2.05, 4.69) is 30.2 Å². The van der Waals surface area contributed by atoms with Gasteiger partial charge in [0.25, 0.3) is 0 Å². The molecule has 0 saturated heterocycles. The van der Waals surface area contributed by atoms with Crippen molar-refractivity contribution in [2.24, 2.45) is 0 Å². The summed E-state index contributed by atoms with van der Waals surface area (Å²) >= 11 is 5.81. The summed E-state index contributed by atoms with van der Waals surface area (Å²) in [6, 6.07) is 3.95. The zero-order valence-electron chi connectivity index (χ0n) is 16.0. The first kappa shape index (κ1) is 18.8. The molecule has 8 nitrogen and oxygen atoms in total. The minimum absolute atomic E-state index is 0.454. The molecular weight excluding hydrogens is 388 g/mol.